The van der Waals surface area contributed by atoms with Gasteiger partial charge in [0.25, 0.3) is 0 Å². The van der Waals surface area contributed by atoms with Gasteiger partial charge in [-0.15, -0.1) is 0 Å². The summed E-state index contributed by atoms with van der Waals surface area (Å²) < 4.78 is 15.2. The lowest BCUT2D eigenvalue weighted by molar-refractivity contribution is 0.574. The number of aromatic nitrogens is 2. The number of nitriles is 1. The predicted molar refractivity (Wildman–Crippen MR) is 93.2 cm³/mol. The first kappa shape index (κ1) is 16.2. The van der Waals surface area contributed by atoms with E-state index in [9.17, 15) is 9.65 Å². The Labute approximate surface area is 141 Å². The summed E-state index contributed by atoms with van der Waals surface area (Å²) in [6.45, 7) is 6.67. The van der Waals surface area contributed by atoms with E-state index in [1.807, 2.05) is 6.92 Å². The molecule has 0 aliphatic heterocycles. The van der Waals surface area contributed by atoms with Crippen LogP contribution < -0.4 is 0 Å². The number of imidazole rings is 1. The summed E-state index contributed by atoms with van der Waals surface area (Å²) in [4.78, 5) is 4.78. The Hall–Kier alpha value is -2.67. The van der Waals surface area contributed by atoms with Gasteiger partial charge in [-0.05, 0) is 61.7 Å². The Morgan fingerprint density at radius 2 is 1.83 bits per heavy atom. The summed E-state index contributed by atoms with van der Waals surface area (Å²) in [6.07, 6.45) is 0.616. The molecule has 3 nitrogen and oxygen atoms in total. The topological polar surface area (TPSA) is 41.6 Å². The molecule has 1 atom stereocenters. The maximum Gasteiger partial charge on any atom is 0.123 e. The third kappa shape index (κ3) is 3.16. The molecule has 0 aliphatic carbocycles. The molecule has 0 fully saturated rings. The van der Waals surface area contributed by atoms with Crippen molar-refractivity contribution in [2.24, 2.45) is 5.92 Å². The van der Waals surface area contributed by atoms with Crippen LogP contribution in [0.3, 0.4) is 0 Å². The fourth-order valence-corrected chi connectivity index (χ4v) is 2.87. The molecule has 24 heavy (non-hydrogen) atoms. The zero-order valence-electron chi connectivity index (χ0n) is 14.2. The minimum Gasteiger partial charge on any atom is -0.326 e. The first-order valence-electron chi connectivity index (χ1n) is 8.08. The summed E-state index contributed by atoms with van der Waals surface area (Å²) in [7, 11) is 0. The summed E-state index contributed by atoms with van der Waals surface area (Å²) >= 11 is 0. The van der Waals surface area contributed by atoms with Crippen LogP contribution in [0.1, 0.15) is 29.4 Å². The average Bonchev–Trinajstić information content (AvgIpc) is 2.87. The second kappa shape index (κ2) is 6.45. The van der Waals surface area contributed by atoms with Crippen LogP contribution in [0.5, 0.6) is 0 Å². The van der Waals surface area contributed by atoms with E-state index in [0.717, 1.165) is 22.4 Å². The van der Waals surface area contributed by atoms with Gasteiger partial charge in [-0.3, -0.25) is 0 Å². The highest BCUT2D eigenvalue weighted by molar-refractivity contribution is 5.78. The Bertz CT molecular complexity index is 917. The fourth-order valence-electron chi connectivity index (χ4n) is 2.87. The maximum atomic E-state index is 13.1. The van der Waals surface area contributed by atoms with Gasteiger partial charge < -0.3 is 4.57 Å². The number of hydrogen-bond acceptors (Lipinski definition) is 2. The van der Waals surface area contributed by atoms with Gasteiger partial charge in [-0.1, -0.05) is 12.1 Å². The number of hydrogen-bond donors (Lipinski definition) is 0. The minimum absolute atomic E-state index is 0.101. The second-order valence-electron chi connectivity index (χ2n) is 6.40. The molecule has 3 aromatic rings. The van der Waals surface area contributed by atoms with Crippen LogP contribution in [-0.2, 0) is 13.0 Å². The Morgan fingerprint density at radius 1 is 1.17 bits per heavy atom. The third-order valence-corrected chi connectivity index (χ3v) is 4.40. The van der Waals surface area contributed by atoms with Gasteiger partial charge >= 0.3 is 0 Å². The maximum absolute atomic E-state index is 13.1. The van der Waals surface area contributed by atoms with Crippen LogP contribution in [0, 0.1) is 36.9 Å². The van der Waals surface area contributed by atoms with Crippen LogP contribution in [0.15, 0.2) is 36.4 Å². The average molecular weight is 321 g/mol. The van der Waals surface area contributed by atoms with Crippen molar-refractivity contribution >= 4 is 11.0 Å². The van der Waals surface area contributed by atoms with Crippen molar-refractivity contribution in [2.45, 2.75) is 33.7 Å². The van der Waals surface area contributed by atoms with E-state index in [2.05, 4.69) is 36.6 Å². The molecule has 0 N–H and O–H groups in total. The molecule has 2 aromatic carbocycles. The van der Waals surface area contributed by atoms with E-state index in [4.69, 9.17) is 4.98 Å². The molecule has 0 bridgehead atoms. The van der Waals surface area contributed by atoms with Crippen molar-refractivity contribution in [1.82, 2.24) is 9.55 Å². The number of aryl methyl sites for hydroxylation is 2. The first-order chi connectivity index (χ1) is 11.5. The molecule has 0 radical (unpaired) electrons. The van der Waals surface area contributed by atoms with Crippen LogP contribution >= 0.6 is 0 Å². The van der Waals surface area contributed by atoms with Gasteiger partial charge in [0.2, 0.25) is 0 Å². The van der Waals surface area contributed by atoms with Gasteiger partial charge in [-0.25, -0.2) is 9.37 Å². The van der Waals surface area contributed by atoms with Crippen LogP contribution in [-0.4, -0.2) is 9.55 Å². The Balaban J connectivity index is 2.09. The molecule has 122 valence electrons. The number of benzene rings is 2. The molecule has 0 amide bonds. The molecule has 0 saturated heterocycles. The van der Waals surface area contributed by atoms with E-state index < -0.39 is 0 Å². The van der Waals surface area contributed by atoms with E-state index in [-0.39, 0.29) is 11.7 Å². The van der Waals surface area contributed by atoms with Gasteiger partial charge in [0.05, 0.1) is 23.0 Å². The monoisotopic (exact) mass is 321 g/mol. The summed E-state index contributed by atoms with van der Waals surface area (Å²) in [5.41, 5.74) is 5.42. The largest absolute Gasteiger partial charge is 0.326 e. The lowest BCUT2D eigenvalue weighted by Gasteiger charge is -2.11. The van der Waals surface area contributed by atoms with E-state index >= 15 is 0 Å². The second-order valence-corrected chi connectivity index (χ2v) is 6.40. The van der Waals surface area contributed by atoms with E-state index in [1.165, 1.54) is 23.3 Å². The van der Waals surface area contributed by atoms with E-state index in [1.54, 1.807) is 12.1 Å². The smallest absolute Gasteiger partial charge is 0.123 e. The van der Waals surface area contributed by atoms with Crippen molar-refractivity contribution < 1.29 is 4.39 Å². The molecule has 0 aliphatic rings. The van der Waals surface area contributed by atoms with E-state index in [0.29, 0.717) is 13.0 Å². The highest BCUT2D eigenvalue weighted by Crippen LogP contribution is 2.23. The lowest BCUT2D eigenvalue weighted by Crippen LogP contribution is -2.10. The summed E-state index contributed by atoms with van der Waals surface area (Å²) in [5, 5.41) is 9.19. The van der Waals surface area contributed by atoms with Gasteiger partial charge in [-0.2, -0.15) is 5.26 Å². The van der Waals surface area contributed by atoms with Crippen molar-refractivity contribution in [3.8, 4) is 6.07 Å². The number of fused-ring (bicyclic) bond motifs is 1. The standard InChI is InChI=1S/C20H20FN3/c1-13(11-22)12-24-19-9-15(3)14(2)8-18(19)23-20(24)10-16-4-6-17(21)7-5-16/h4-9,13H,10,12H2,1-3H3. The Kier molecular flexibility index (Phi) is 4.35. The highest BCUT2D eigenvalue weighted by Gasteiger charge is 2.15. The fraction of sp³-hybridized carbons (Fsp3) is 0.300. The number of halogens is 1. The van der Waals surface area contributed by atoms with Crippen LogP contribution in [0.2, 0.25) is 0 Å². The molecule has 1 heterocycles. The minimum atomic E-state index is -0.239. The van der Waals surface area contributed by atoms with Gasteiger partial charge in [0, 0.05) is 13.0 Å². The quantitative estimate of drug-likeness (QED) is 0.708. The molecule has 1 aromatic heterocycles. The van der Waals surface area contributed by atoms with Crippen molar-refractivity contribution in [2.75, 3.05) is 0 Å². The number of rotatable bonds is 4. The third-order valence-electron chi connectivity index (χ3n) is 4.40. The molecule has 4 heteroatoms. The SMILES string of the molecule is Cc1cc2nc(Cc3ccc(F)cc3)n(CC(C)C#N)c2cc1C. The molecule has 3 rings (SSSR count). The molecular weight excluding hydrogens is 301 g/mol. The van der Waals surface area contributed by atoms with Crippen LogP contribution in [0.25, 0.3) is 11.0 Å². The number of nitrogens with zero attached hydrogens (tertiary/aromatic N) is 3. The van der Waals surface area contributed by atoms with Crippen molar-refractivity contribution in [3.63, 3.8) is 0 Å². The zero-order valence-corrected chi connectivity index (χ0v) is 14.2. The first-order valence-corrected chi connectivity index (χ1v) is 8.08. The molecule has 0 spiro atoms. The summed E-state index contributed by atoms with van der Waals surface area (Å²) in [5.74, 6) is 0.566. The molecular formula is C20H20FN3. The van der Waals surface area contributed by atoms with Crippen molar-refractivity contribution in [3.05, 3.63) is 64.7 Å². The Morgan fingerprint density at radius 3 is 2.50 bits per heavy atom. The zero-order chi connectivity index (χ0) is 17.3. The van der Waals surface area contributed by atoms with Gasteiger partial charge in [0.1, 0.15) is 11.6 Å². The van der Waals surface area contributed by atoms with Crippen LogP contribution in [0.4, 0.5) is 4.39 Å². The summed E-state index contributed by atoms with van der Waals surface area (Å²) in [6, 6.07) is 13.0. The van der Waals surface area contributed by atoms with Gasteiger partial charge in [0.15, 0.2) is 0 Å². The predicted octanol–water partition coefficient (Wildman–Crippen LogP) is 4.54. The van der Waals surface area contributed by atoms with Crippen molar-refractivity contribution in [1.29, 1.82) is 5.26 Å². The lowest BCUT2D eigenvalue weighted by atomic mass is 10.1. The molecule has 1 unspecified atom stereocenters. The normalized spacial score (nSPS) is 12.3. The molecule has 0 saturated carbocycles. The highest BCUT2D eigenvalue weighted by atomic mass is 19.1.